The van der Waals surface area contributed by atoms with Gasteiger partial charge in [-0.1, -0.05) is 12.1 Å². The van der Waals surface area contributed by atoms with Gasteiger partial charge in [-0.3, -0.25) is 9.59 Å². The number of amides is 2. The fraction of sp³-hybridized carbons (Fsp3) is 0.280. The molecule has 7 nitrogen and oxygen atoms in total. The Bertz CT molecular complexity index is 1160. The van der Waals surface area contributed by atoms with Gasteiger partial charge in [0, 0.05) is 41.4 Å². The number of hydrogen-bond acceptors (Lipinski definition) is 6. The van der Waals surface area contributed by atoms with Crippen LogP contribution in [0.1, 0.15) is 11.3 Å². The van der Waals surface area contributed by atoms with Crippen LogP contribution in [0.5, 0.6) is 17.2 Å². The zero-order valence-corrected chi connectivity index (χ0v) is 19.0. The molecule has 1 unspecified atom stereocenters. The van der Waals surface area contributed by atoms with Gasteiger partial charge in [-0.25, -0.2) is 0 Å². The van der Waals surface area contributed by atoms with Crippen molar-refractivity contribution in [2.45, 2.75) is 13.0 Å². The predicted octanol–water partition coefficient (Wildman–Crippen LogP) is 4.11. The zero-order chi connectivity index (χ0) is 22.8. The maximum absolute atomic E-state index is 13.7. The molecular weight excluding hydrogens is 440 g/mol. The van der Waals surface area contributed by atoms with Crippen LogP contribution >= 0.6 is 11.3 Å². The van der Waals surface area contributed by atoms with E-state index in [4.69, 9.17) is 14.2 Å². The number of hydrogen-bond donors (Lipinski definition) is 0. The van der Waals surface area contributed by atoms with Gasteiger partial charge in [-0.15, -0.1) is 11.3 Å². The maximum atomic E-state index is 13.7. The molecule has 2 aromatic carbocycles. The first-order valence-corrected chi connectivity index (χ1v) is 11.7. The van der Waals surface area contributed by atoms with Crippen LogP contribution in [-0.2, 0) is 16.1 Å². The lowest BCUT2D eigenvalue weighted by atomic mass is 10.1. The molecule has 3 aromatic rings. The highest BCUT2D eigenvalue weighted by Gasteiger charge is 2.38. The summed E-state index contributed by atoms with van der Waals surface area (Å²) in [4.78, 5) is 31.1. The van der Waals surface area contributed by atoms with E-state index in [9.17, 15) is 9.59 Å². The zero-order valence-electron chi connectivity index (χ0n) is 18.2. The van der Waals surface area contributed by atoms with E-state index in [1.165, 1.54) is 0 Å². The first kappa shape index (κ1) is 21.3. The van der Waals surface area contributed by atoms with Gasteiger partial charge in [0.1, 0.15) is 19.0 Å². The molecule has 3 heterocycles. The number of carbonyl (C=O) groups excluding carboxylic acids is 2. The summed E-state index contributed by atoms with van der Waals surface area (Å²) in [6, 6.07) is 16.9. The van der Waals surface area contributed by atoms with Crippen molar-refractivity contribution in [2.75, 3.05) is 36.7 Å². The topological polar surface area (TPSA) is 68.3 Å². The Balaban J connectivity index is 1.42. The Kier molecular flexibility index (Phi) is 5.92. The monoisotopic (exact) mass is 464 g/mol. The summed E-state index contributed by atoms with van der Waals surface area (Å²) in [6.07, 6.45) is 0.168. The van der Waals surface area contributed by atoms with Crippen molar-refractivity contribution >= 4 is 34.5 Å². The second-order valence-electron chi connectivity index (χ2n) is 7.94. The number of fused-ring (bicyclic) bond motifs is 1. The van der Waals surface area contributed by atoms with E-state index in [1.54, 1.807) is 28.2 Å². The van der Waals surface area contributed by atoms with Crippen molar-refractivity contribution in [2.24, 2.45) is 5.92 Å². The third-order valence-electron chi connectivity index (χ3n) is 5.84. The van der Waals surface area contributed by atoms with E-state index >= 15 is 0 Å². The Morgan fingerprint density at radius 1 is 1.12 bits per heavy atom. The van der Waals surface area contributed by atoms with E-state index in [2.05, 4.69) is 0 Å². The number of nitrogens with zero attached hydrogens (tertiary/aromatic N) is 2. The lowest BCUT2D eigenvalue weighted by Gasteiger charge is -2.27. The second kappa shape index (κ2) is 9.15. The number of benzene rings is 2. The number of ether oxygens (including phenoxy) is 3. The largest absolute Gasteiger partial charge is 0.497 e. The van der Waals surface area contributed by atoms with Crippen LogP contribution in [0, 0.1) is 5.92 Å². The van der Waals surface area contributed by atoms with Crippen LogP contribution in [0.2, 0.25) is 0 Å². The van der Waals surface area contributed by atoms with Crippen LogP contribution in [0.25, 0.3) is 0 Å². The summed E-state index contributed by atoms with van der Waals surface area (Å²) in [6.45, 7) is 1.74. The molecule has 0 bridgehead atoms. The lowest BCUT2D eigenvalue weighted by molar-refractivity contribution is -0.124. The Morgan fingerprint density at radius 3 is 2.76 bits per heavy atom. The summed E-state index contributed by atoms with van der Waals surface area (Å²) in [5.74, 6) is 1.37. The summed E-state index contributed by atoms with van der Waals surface area (Å²) in [5.41, 5.74) is 1.46. The predicted molar refractivity (Wildman–Crippen MR) is 126 cm³/mol. The number of thiophene rings is 1. The summed E-state index contributed by atoms with van der Waals surface area (Å²) >= 11 is 1.60. The number of anilines is 2. The van der Waals surface area contributed by atoms with E-state index in [1.807, 2.05) is 60.0 Å². The van der Waals surface area contributed by atoms with Gasteiger partial charge in [0.05, 0.1) is 19.6 Å². The molecule has 5 rings (SSSR count). The van der Waals surface area contributed by atoms with E-state index in [0.717, 1.165) is 16.3 Å². The fourth-order valence-corrected chi connectivity index (χ4v) is 4.87. The summed E-state index contributed by atoms with van der Waals surface area (Å²) in [7, 11) is 1.59. The standard InChI is InChI=1S/C25H24N2O5S/c1-30-20-5-2-4-18(13-20)26-15-17(12-24(26)28)25(29)27(16-21-6-3-11-33-21)19-7-8-22-23(14-19)32-10-9-31-22/h2-8,11,13-14,17H,9-10,12,15-16H2,1H3. The van der Waals surface area contributed by atoms with Crippen LogP contribution < -0.4 is 24.0 Å². The minimum atomic E-state index is -0.447. The van der Waals surface area contributed by atoms with Crippen molar-refractivity contribution in [3.63, 3.8) is 0 Å². The Hall–Kier alpha value is -3.52. The van der Waals surface area contributed by atoms with Gasteiger partial charge >= 0.3 is 0 Å². The summed E-state index contributed by atoms with van der Waals surface area (Å²) < 4.78 is 16.7. The molecule has 2 aliphatic rings. The second-order valence-corrected chi connectivity index (χ2v) is 8.97. The molecule has 2 amide bonds. The minimum Gasteiger partial charge on any atom is -0.497 e. The molecule has 1 saturated heterocycles. The molecule has 33 heavy (non-hydrogen) atoms. The van der Waals surface area contributed by atoms with Gasteiger partial charge in [0.15, 0.2) is 11.5 Å². The Labute approximate surface area is 196 Å². The maximum Gasteiger partial charge on any atom is 0.232 e. The highest BCUT2D eigenvalue weighted by atomic mass is 32.1. The smallest absolute Gasteiger partial charge is 0.232 e. The molecule has 0 aliphatic carbocycles. The average molecular weight is 465 g/mol. The molecule has 0 radical (unpaired) electrons. The first-order chi connectivity index (χ1) is 16.1. The van der Waals surface area contributed by atoms with Gasteiger partial charge in [-0.05, 0) is 35.7 Å². The number of rotatable bonds is 6. The minimum absolute atomic E-state index is 0.0696. The van der Waals surface area contributed by atoms with Crippen molar-refractivity contribution < 1.29 is 23.8 Å². The molecule has 1 atom stereocenters. The van der Waals surface area contributed by atoms with Gasteiger partial charge in [0.25, 0.3) is 0 Å². The molecule has 0 saturated carbocycles. The highest BCUT2D eigenvalue weighted by Crippen LogP contribution is 2.36. The van der Waals surface area contributed by atoms with Gasteiger partial charge in [0.2, 0.25) is 11.8 Å². The molecular formula is C25H24N2O5S. The SMILES string of the molecule is COc1cccc(N2CC(C(=O)N(Cc3cccs3)c3ccc4c(c3)OCCO4)CC2=O)c1. The van der Waals surface area contributed by atoms with Crippen molar-refractivity contribution in [3.8, 4) is 17.2 Å². The van der Waals surface area contributed by atoms with Crippen LogP contribution in [0.3, 0.4) is 0 Å². The summed E-state index contributed by atoms with van der Waals surface area (Å²) in [5, 5.41) is 1.99. The van der Waals surface area contributed by atoms with E-state index in [0.29, 0.717) is 43.6 Å². The first-order valence-electron chi connectivity index (χ1n) is 10.8. The molecule has 2 aliphatic heterocycles. The fourth-order valence-electron chi connectivity index (χ4n) is 4.18. The third kappa shape index (κ3) is 4.39. The molecule has 0 N–H and O–H groups in total. The molecule has 1 aromatic heterocycles. The van der Waals surface area contributed by atoms with Crippen LogP contribution in [-0.4, -0.2) is 38.7 Å². The number of carbonyl (C=O) groups is 2. The van der Waals surface area contributed by atoms with Gasteiger partial charge < -0.3 is 24.0 Å². The Morgan fingerprint density at radius 2 is 1.97 bits per heavy atom. The quantitative estimate of drug-likeness (QED) is 0.549. The lowest BCUT2D eigenvalue weighted by Crippen LogP contribution is -2.37. The molecule has 8 heteroatoms. The van der Waals surface area contributed by atoms with Crippen LogP contribution in [0.4, 0.5) is 11.4 Å². The van der Waals surface area contributed by atoms with E-state index < -0.39 is 5.92 Å². The van der Waals surface area contributed by atoms with E-state index in [-0.39, 0.29) is 18.2 Å². The van der Waals surface area contributed by atoms with Crippen molar-refractivity contribution in [1.29, 1.82) is 0 Å². The third-order valence-corrected chi connectivity index (χ3v) is 6.70. The molecule has 1 fully saturated rings. The average Bonchev–Trinajstić information content (AvgIpc) is 3.51. The normalized spacial score (nSPS) is 17.2. The molecule has 0 spiro atoms. The van der Waals surface area contributed by atoms with Gasteiger partial charge in [-0.2, -0.15) is 0 Å². The number of methoxy groups -OCH3 is 1. The van der Waals surface area contributed by atoms with Crippen molar-refractivity contribution in [3.05, 3.63) is 64.9 Å². The van der Waals surface area contributed by atoms with Crippen LogP contribution in [0.15, 0.2) is 60.0 Å². The van der Waals surface area contributed by atoms with Crippen molar-refractivity contribution in [1.82, 2.24) is 0 Å². The molecule has 170 valence electrons. The highest BCUT2D eigenvalue weighted by molar-refractivity contribution is 7.09.